The van der Waals surface area contributed by atoms with E-state index in [1.54, 1.807) is 79.7 Å². The van der Waals surface area contributed by atoms with Crippen molar-refractivity contribution < 1.29 is 32.9 Å². The first-order chi connectivity index (χ1) is 25.1. The predicted molar refractivity (Wildman–Crippen MR) is 198 cm³/mol. The van der Waals surface area contributed by atoms with E-state index in [0.29, 0.717) is 44.2 Å². The number of nitrogens with zero attached hydrogens (tertiary/aromatic N) is 5. The largest absolute Gasteiger partial charge is 0.449 e. The molecule has 0 radical (unpaired) electrons. The number of amides is 5. The second kappa shape index (κ2) is 17.5. The molecule has 52 heavy (non-hydrogen) atoms. The molecular formula is C35H26Cl2N6O7S2. The molecule has 13 nitrogen and oxygen atoms in total. The molecular weight excluding hydrogens is 751 g/mol. The SMILES string of the molecule is CCOC(=O)NN=C(CN1C(=O)c2ccccc2C1=O)c1ccccc1.O=C1c2ccccc2C(=O)N1c1snnc1-c1ccccc1.O=S(Cl)Cl. The molecule has 2 aliphatic heterocycles. The van der Waals surface area contributed by atoms with Gasteiger partial charge in [-0.2, -0.15) is 5.10 Å². The lowest BCUT2D eigenvalue weighted by atomic mass is 10.1. The fraction of sp³-hybridized carbons (Fsp3) is 0.0857. The summed E-state index contributed by atoms with van der Waals surface area (Å²) in [7, 11) is 7.36. The Morgan fingerprint density at radius 3 is 1.73 bits per heavy atom. The van der Waals surface area contributed by atoms with Crippen molar-refractivity contribution in [3.63, 3.8) is 0 Å². The molecule has 1 N–H and O–H groups in total. The van der Waals surface area contributed by atoms with Crippen LogP contribution >= 0.6 is 32.9 Å². The maximum absolute atomic E-state index is 12.6. The van der Waals surface area contributed by atoms with Crippen LogP contribution in [0.25, 0.3) is 11.3 Å². The Bertz CT molecular complexity index is 2110. The van der Waals surface area contributed by atoms with Crippen LogP contribution in [0, 0.1) is 0 Å². The van der Waals surface area contributed by atoms with E-state index in [9.17, 15) is 24.0 Å². The number of nitrogens with one attached hydrogen (secondary N) is 1. The van der Waals surface area contributed by atoms with Crippen LogP contribution in [-0.4, -0.2) is 67.3 Å². The van der Waals surface area contributed by atoms with Gasteiger partial charge in [0.25, 0.3) is 23.6 Å². The van der Waals surface area contributed by atoms with Crippen molar-refractivity contribution in [2.24, 2.45) is 5.10 Å². The van der Waals surface area contributed by atoms with E-state index in [1.165, 1.54) is 0 Å². The van der Waals surface area contributed by atoms with Crippen LogP contribution in [-0.2, 0) is 14.0 Å². The molecule has 0 aliphatic carbocycles. The van der Waals surface area contributed by atoms with Gasteiger partial charge in [-0.05, 0) is 36.8 Å². The van der Waals surface area contributed by atoms with Gasteiger partial charge < -0.3 is 4.74 Å². The molecule has 4 aromatic carbocycles. The summed E-state index contributed by atoms with van der Waals surface area (Å²) >= 11 is 1.04. The number of hydrazone groups is 1. The van der Waals surface area contributed by atoms with Crippen LogP contribution in [0.15, 0.2) is 114 Å². The standard InChI is InChI=1S/C19H17N3O4.C16H9N3O2S.Cl2OS/c1-2-26-19(25)21-20-16(13-8-4-3-5-9-13)12-22-17(23)14-10-6-7-11-15(14)18(22)24;20-14-11-8-4-5-9-12(11)15(21)19(14)16-13(17-18-22-16)10-6-2-1-3-7-10;1-4(2)3/h3-11H,2,12H2,1H3,(H,21,25);1-9H;. The first-order valence-electron chi connectivity index (χ1n) is 15.2. The third-order valence-corrected chi connectivity index (χ3v) is 8.08. The first-order valence-corrected chi connectivity index (χ1v) is 18.8. The molecule has 17 heteroatoms. The number of fused-ring (bicyclic) bond motifs is 2. The van der Waals surface area contributed by atoms with Gasteiger partial charge in [0.1, 0.15) is 5.69 Å². The number of benzene rings is 4. The van der Waals surface area contributed by atoms with Crippen molar-refractivity contribution >= 4 is 82.6 Å². The number of imide groups is 2. The third-order valence-electron chi connectivity index (χ3n) is 7.37. The molecule has 3 heterocycles. The quantitative estimate of drug-likeness (QED) is 0.0842. The van der Waals surface area contributed by atoms with Gasteiger partial charge in [0.05, 0.1) is 41.1 Å². The summed E-state index contributed by atoms with van der Waals surface area (Å²) in [5.41, 5.74) is 6.26. The predicted octanol–water partition coefficient (Wildman–Crippen LogP) is 6.48. The lowest BCUT2D eigenvalue weighted by Crippen LogP contribution is -2.36. The Morgan fingerprint density at radius 2 is 1.23 bits per heavy atom. The van der Waals surface area contributed by atoms with Crippen molar-refractivity contribution in [2.45, 2.75) is 6.92 Å². The Balaban J connectivity index is 0.000000184. The fourth-order valence-electron chi connectivity index (χ4n) is 5.11. The first kappa shape index (κ1) is 37.6. The van der Waals surface area contributed by atoms with Crippen LogP contribution in [0.4, 0.5) is 9.80 Å². The van der Waals surface area contributed by atoms with Gasteiger partial charge >= 0.3 is 6.09 Å². The van der Waals surface area contributed by atoms with E-state index in [-0.39, 0.29) is 36.8 Å². The average molecular weight is 778 g/mol. The molecule has 264 valence electrons. The average Bonchev–Trinajstić information content (AvgIpc) is 3.80. The van der Waals surface area contributed by atoms with Crippen molar-refractivity contribution in [3.8, 4) is 11.3 Å². The molecule has 1 aromatic heterocycles. The van der Waals surface area contributed by atoms with Crippen LogP contribution in [0.5, 0.6) is 0 Å². The van der Waals surface area contributed by atoms with E-state index in [4.69, 9.17) is 8.95 Å². The number of carbonyl (C=O) groups excluding carboxylic acids is 5. The zero-order valence-corrected chi connectivity index (χ0v) is 30.1. The van der Waals surface area contributed by atoms with Crippen molar-refractivity contribution in [1.29, 1.82) is 0 Å². The minimum Gasteiger partial charge on any atom is -0.449 e. The normalized spacial score (nSPS) is 13.2. The Labute approximate surface area is 312 Å². The second-order valence-electron chi connectivity index (χ2n) is 10.5. The molecule has 0 bridgehead atoms. The van der Waals surface area contributed by atoms with E-state index >= 15 is 0 Å². The number of hydrogen-bond donors (Lipinski definition) is 1. The van der Waals surface area contributed by atoms with E-state index in [2.05, 4.69) is 41.5 Å². The lowest BCUT2D eigenvalue weighted by molar-refractivity contribution is 0.0676. The number of hydrogen-bond acceptors (Lipinski definition) is 11. The zero-order chi connectivity index (χ0) is 37.2. The van der Waals surface area contributed by atoms with Crippen molar-refractivity contribution in [2.75, 3.05) is 18.1 Å². The molecule has 5 aromatic rings. The highest BCUT2D eigenvalue weighted by Crippen LogP contribution is 2.37. The van der Waals surface area contributed by atoms with E-state index in [1.807, 2.05) is 36.4 Å². The minimum absolute atomic E-state index is 0.0667. The highest BCUT2D eigenvalue weighted by atomic mass is 36.0. The van der Waals surface area contributed by atoms with Gasteiger partial charge in [-0.1, -0.05) is 89.4 Å². The van der Waals surface area contributed by atoms with Gasteiger partial charge in [0, 0.05) is 38.5 Å². The van der Waals surface area contributed by atoms with Crippen LogP contribution in [0.3, 0.4) is 0 Å². The van der Waals surface area contributed by atoms with E-state index < -0.39 is 15.3 Å². The summed E-state index contributed by atoms with van der Waals surface area (Å²) in [6.07, 6.45) is -0.705. The molecule has 0 fully saturated rings. The number of ether oxygens (including phenoxy) is 1. The monoisotopic (exact) mass is 776 g/mol. The van der Waals surface area contributed by atoms with Crippen LogP contribution < -0.4 is 10.3 Å². The number of carbonyl (C=O) groups is 5. The van der Waals surface area contributed by atoms with Crippen molar-refractivity contribution in [1.82, 2.24) is 19.9 Å². The molecule has 0 unspecified atom stereocenters. The lowest BCUT2D eigenvalue weighted by Gasteiger charge is -2.16. The summed E-state index contributed by atoms with van der Waals surface area (Å²) in [4.78, 5) is 64.0. The molecule has 5 amide bonds. The fourth-order valence-corrected chi connectivity index (χ4v) is 5.81. The van der Waals surface area contributed by atoms with Crippen molar-refractivity contribution in [3.05, 3.63) is 137 Å². The molecule has 0 saturated heterocycles. The summed E-state index contributed by atoms with van der Waals surface area (Å²) in [5.74, 6) is -1.43. The maximum atomic E-state index is 12.6. The van der Waals surface area contributed by atoms with Gasteiger partial charge in [0.15, 0.2) is 5.00 Å². The van der Waals surface area contributed by atoms with Gasteiger partial charge in [0.2, 0.25) is 9.23 Å². The third kappa shape index (κ3) is 8.63. The summed E-state index contributed by atoms with van der Waals surface area (Å²) < 4.78 is 17.8. The maximum Gasteiger partial charge on any atom is 0.427 e. The molecule has 0 saturated carbocycles. The van der Waals surface area contributed by atoms with E-state index in [0.717, 1.165) is 26.9 Å². The van der Waals surface area contributed by atoms with Gasteiger partial charge in [-0.25, -0.2) is 19.3 Å². The number of anilines is 1. The zero-order valence-electron chi connectivity index (χ0n) is 27.0. The summed E-state index contributed by atoms with van der Waals surface area (Å²) in [5, 5.41) is 8.59. The number of halogens is 2. The minimum atomic E-state index is -1.67. The molecule has 0 atom stereocenters. The van der Waals surface area contributed by atoms with Gasteiger partial charge in [-0.15, -0.1) is 5.10 Å². The molecule has 0 spiro atoms. The topological polar surface area (TPSA) is 168 Å². The molecule has 7 rings (SSSR count). The van der Waals surface area contributed by atoms with Crippen LogP contribution in [0.2, 0.25) is 0 Å². The highest BCUT2D eigenvalue weighted by Gasteiger charge is 2.39. The second-order valence-corrected chi connectivity index (χ2v) is 13.7. The number of rotatable bonds is 7. The number of aromatic nitrogens is 2. The molecule has 2 aliphatic rings. The highest BCUT2D eigenvalue weighted by molar-refractivity contribution is 8.26. The Hall–Kier alpha value is -5.61. The van der Waals surface area contributed by atoms with Crippen LogP contribution in [0.1, 0.15) is 53.9 Å². The van der Waals surface area contributed by atoms with Gasteiger partial charge in [-0.3, -0.25) is 24.1 Å². The smallest absolute Gasteiger partial charge is 0.427 e. The Morgan fingerprint density at radius 1 is 0.769 bits per heavy atom. The summed E-state index contributed by atoms with van der Waals surface area (Å²) in [6.45, 7) is 1.82. The Kier molecular flexibility index (Phi) is 12.7. The summed E-state index contributed by atoms with van der Waals surface area (Å²) in [6, 6.07) is 31.9.